The predicted molar refractivity (Wildman–Crippen MR) is 53.5 cm³/mol. The number of nitrogens with one attached hydrogen (secondary N) is 2. The van der Waals surface area contributed by atoms with Crippen LogP contribution in [0.15, 0.2) is 0 Å². The van der Waals surface area contributed by atoms with Crippen LogP contribution < -0.4 is 15.2 Å². The Morgan fingerprint density at radius 2 is 1.77 bits per heavy atom. The monoisotopic (exact) mass is 209 g/mol. The molecule has 6 heteroatoms. The predicted octanol–water partition coefficient (Wildman–Crippen LogP) is -0.442. The van der Waals surface area contributed by atoms with Crippen LogP contribution in [0.5, 0.6) is 0 Å². The summed E-state index contributed by atoms with van der Waals surface area (Å²) in [5.74, 6) is 0. The highest BCUT2D eigenvalue weighted by molar-refractivity contribution is 7.87. The molecule has 0 fully saturated rings. The Morgan fingerprint density at radius 1 is 1.23 bits per heavy atom. The number of hydrogen-bond acceptors (Lipinski definition) is 3. The first-order valence-corrected chi connectivity index (χ1v) is 6.05. The Kier molecular flexibility index (Phi) is 6.23. The summed E-state index contributed by atoms with van der Waals surface area (Å²) in [7, 11) is -3.53. The van der Waals surface area contributed by atoms with Gasteiger partial charge in [-0.05, 0) is 12.8 Å². The fourth-order valence-corrected chi connectivity index (χ4v) is 1.43. The second-order valence-corrected chi connectivity index (χ2v) is 4.29. The average molecular weight is 209 g/mol. The van der Waals surface area contributed by atoms with Crippen molar-refractivity contribution in [3.05, 3.63) is 0 Å². The van der Waals surface area contributed by atoms with Crippen molar-refractivity contribution in [2.45, 2.75) is 32.7 Å². The molecule has 0 heterocycles. The smallest absolute Gasteiger partial charge is 0.274 e. The van der Waals surface area contributed by atoms with Crippen molar-refractivity contribution in [1.82, 2.24) is 10.0 Å². The third kappa shape index (κ3) is 8.17. The molecule has 0 aromatic carbocycles. The van der Waals surface area contributed by atoms with E-state index in [9.17, 15) is 8.42 Å². The molecule has 0 unspecified atom stereocenters. The Labute approximate surface area is 80.3 Å². The van der Waals surface area contributed by atoms with Crippen molar-refractivity contribution in [2.75, 3.05) is 13.1 Å². The number of nitrogens with two attached hydrogens (primary N) is 1. The summed E-state index contributed by atoms with van der Waals surface area (Å²) in [5, 5.41) is 7.96. The third-order valence-electron chi connectivity index (χ3n) is 1.85. The Hall–Kier alpha value is -0.170. The number of rotatable bonds is 7. The molecule has 0 bridgehead atoms. The van der Waals surface area contributed by atoms with Crippen LogP contribution in [0, 0.1) is 0 Å². The molecule has 0 aliphatic carbocycles. The summed E-state index contributed by atoms with van der Waals surface area (Å²) in [5.41, 5.74) is 0. The summed E-state index contributed by atoms with van der Waals surface area (Å²) in [6, 6.07) is 0.460. The Balaban J connectivity index is 3.45. The van der Waals surface area contributed by atoms with Crippen molar-refractivity contribution < 1.29 is 8.42 Å². The van der Waals surface area contributed by atoms with Crippen LogP contribution in [0.3, 0.4) is 0 Å². The molecule has 0 saturated heterocycles. The highest BCUT2D eigenvalue weighted by atomic mass is 32.2. The maximum Gasteiger partial charge on any atom is 0.274 e. The van der Waals surface area contributed by atoms with Gasteiger partial charge in [0, 0.05) is 19.1 Å². The van der Waals surface area contributed by atoms with Gasteiger partial charge in [0.05, 0.1) is 0 Å². The van der Waals surface area contributed by atoms with E-state index in [1.54, 1.807) is 0 Å². The molecule has 0 amide bonds. The second-order valence-electron chi connectivity index (χ2n) is 2.91. The lowest BCUT2D eigenvalue weighted by atomic mass is 10.2. The van der Waals surface area contributed by atoms with Crippen LogP contribution in [0.2, 0.25) is 0 Å². The molecule has 0 spiro atoms. The zero-order chi connectivity index (χ0) is 10.3. The second kappa shape index (κ2) is 6.31. The van der Waals surface area contributed by atoms with Gasteiger partial charge in [-0.2, -0.15) is 8.42 Å². The van der Waals surface area contributed by atoms with Crippen LogP contribution in [-0.4, -0.2) is 27.5 Å². The minimum atomic E-state index is -3.53. The zero-order valence-corrected chi connectivity index (χ0v) is 9.02. The third-order valence-corrected chi connectivity index (χ3v) is 2.45. The summed E-state index contributed by atoms with van der Waals surface area (Å²) < 4.78 is 23.1. The highest BCUT2D eigenvalue weighted by Gasteiger charge is 2.02. The normalized spacial score (nSPS) is 12.3. The number of hydrogen-bond donors (Lipinski definition) is 3. The van der Waals surface area contributed by atoms with Gasteiger partial charge in [0.1, 0.15) is 0 Å². The van der Waals surface area contributed by atoms with Gasteiger partial charge in [0.2, 0.25) is 0 Å². The summed E-state index contributed by atoms with van der Waals surface area (Å²) in [6.07, 6.45) is 2.09. The summed E-state index contributed by atoms with van der Waals surface area (Å²) in [6.45, 7) is 5.14. The maximum absolute atomic E-state index is 10.5. The van der Waals surface area contributed by atoms with Crippen molar-refractivity contribution in [3.63, 3.8) is 0 Å². The van der Waals surface area contributed by atoms with Gasteiger partial charge in [0.25, 0.3) is 10.2 Å². The van der Waals surface area contributed by atoms with Gasteiger partial charge in [0.15, 0.2) is 0 Å². The zero-order valence-electron chi connectivity index (χ0n) is 8.21. The van der Waals surface area contributed by atoms with Gasteiger partial charge >= 0.3 is 0 Å². The van der Waals surface area contributed by atoms with Crippen molar-refractivity contribution in [1.29, 1.82) is 0 Å². The molecule has 80 valence electrons. The van der Waals surface area contributed by atoms with Crippen LogP contribution in [0.25, 0.3) is 0 Å². The largest absolute Gasteiger partial charge is 0.313 e. The van der Waals surface area contributed by atoms with Crippen molar-refractivity contribution in [2.24, 2.45) is 5.14 Å². The Morgan fingerprint density at radius 3 is 2.15 bits per heavy atom. The molecule has 5 nitrogen and oxygen atoms in total. The SMILES string of the molecule is CCC(CC)NCCNS(N)(=O)=O. The van der Waals surface area contributed by atoms with Gasteiger partial charge < -0.3 is 5.32 Å². The highest BCUT2D eigenvalue weighted by Crippen LogP contribution is 1.94. The molecule has 0 aliphatic rings. The lowest BCUT2D eigenvalue weighted by Crippen LogP contribution is -2.39. The lowest BCUT2D eigenvalue weighted by molar-refractivity contribution is 0.485. The van der Waals surface area contributed by atoms with Gasteiger partial charge in [-0.15, -0.1) is 0 Å². The fraction of sp³-hybridized carbons (Fsp3) is 1.00. The minimum Gasteiger partial charge on any atom is -0.313 e. The molecule has 13 heavy (non-hydrogen) atoms. The quantitative estimate of drug-likeness (QED) is 0.497. The van der Waals surface area contributed by atoms with E-state index in [1.165, 1.54) is 0 Å². The van der Waals surface area contributed by atoms with Crippen LogP contribution in [0.4, 0.5) is 0 Å². The molecule has 0 atom stereocenters. The molecule has 0 aromatic heterocycles. The van der Waals surface area contributed by atoms with Gasteiger partial charge in [-0.3, -0.25) is 0 Å². The molecular formula is C7H19N3O2S. The minimum absolute atomic E-state index is 0.343. The maximum atomic E-state index is 10.5. The molecule has 4 N–H and O–H groups in total. The van der Waals surface area contributed by atoms with Gasteiger partial charge in [-0.25, -0.2) is 9.86 Å². The van der Waals surface area contributed by atoms with Crippen LogP contribution in [-0.2, 0) is 10.2 Å². The summed E-state index contributed by atoms with van der Waals surface area (Å²) >= 11 is 0. The molecule has 0 rings (SSSR count). The van der Waals surface area contributed by atoms with E-state index in [0.29, 0.717) is 19.1 Å². The van der Waals surface area contributed by atoms with Crippen LogP contribution >= 0.6 is 0 Å². The van der Waals surface area contributed by atoms with Crippen LogP contribution in [0.1, 0.15) is 26.7 Å². The molecule has 0 aromatic rings. The molecular weight excluding hydrogens is 190 g/mol. The van der Waals surface area contributed by atoms with E-state index in [2.05, 4.69) is 23.9 Å². The fourth-order valence-electron chi connectivity index (χ4n) is 1.05. The molecule has 0 aliphatic heterocycles. The lowest BCUT2D eigenvalue weighted by Gasteiger charge is -2.14. The van der Waals surface area contributed by atoms with Gasteiger partial charge in [-0.1, -0.05) is 13.8 Å². The first-order chi connectivity index (χ1) is 5.99. The summed E-state index contributed by atoms with van der Waals surface area (Å²) in [4.78, 5) is 0. The van der Waals surface area contributed by atoms with E-state index < -0.39 is 10.2 Å². The van der Waals surface area contributed by atoms with E-state index in [4.69, 9.17) is 5.14 Å². The topological polar surface area (TPSA) is 84.2 Å². The first kappa shape index (κ1) is 12.8. The molecule has 0 radical (unpaired) electrons. The first-order valence-electron chi connectivity index (χ1n) is 4.50. The van der Waals surface area contributed by atoms with Crippen molar-refractivity contribution in [3.8, 4) is 0 Å². The molecule has 0 saturated carbocycles. The van der Waals surface area contributed by atoms with E-state index >= 15 is 0 Å². The van der Waals surface area contributed by atoms with Crippen molar-refractivity contribution >= 4 is 10.2 Å². The standard InChI is InChI=1S/C7H19N3O2S/c1-3-7(4-2)9-5-6-10-13(8,11)12/h7,9-10H,3-6H2,1-2H3,(H2,8,11,12). The Bertz CT molecular complexity index is 212. The van der Waals surface area contributed by atoms with E-state index in [1.807, 2.05) is 0 Å². The average Bonchev–Trinajstić information content (AvgIpc) is 2.03. The van der Waals surface area contributed by atoms with E-state index in [-0.39, 0.29) is 0 Å². The van der Waals surface area contributed by atoms with E-state index in [0.717, 1.165) is 12.8 Å².